The van der Waals surface area contributed by atoms with Crippen LogP contribution >= 0.6 is 23.2 Å². The average Bonchev–Trinajstić information content (AvgIpc) is 2.21. The van der Waals surface area contributed by atoms with Crippen LogP contribution in [-0.2, 0) is 9.53 Å². The molecule has 0 aliphatic carbocycles. The second-order valence-corrected chi connectivity index (χ2v) is 3.90. The predicted octanol–water partition coefficient (Wildman–Crippen LogP) is 2.56. The fraction of sp³-hybridized carbons (Fsp3) is 0.300. The highest BCUT2D eigenvalue weighted by Gasteiger charge is 2.15. The van der Waals surface area contributed by atoms with E-state index in [1.807, 2.05) is 0 Å². The van der Waals surface area contributed by atoms with E-state index < -0.39 is 6.04 Å². The van der Waals surface area contributed by atoms with Crippen LogP contribution < -0.4 is 5.73 Å². The molecule has 82 valence electrons. The van der Waals surface area contributed by atoms with Gasteiger partial charge in [-0.05, 0) is 23.8 Å². The second-order valence-electron chi connectivity index (χ2n) is 3.05. The topological polar surface area (TPSA) is 52.3 Å². The van der Waals surface area contributed by atoms with E-state index in [4.69, 9.17) is 28.9 Å². The van der Waals surface area contributed by atoms with Gasteiger partial charge in [-0.1, -0.05) is 23.2 Å². The lowest BCUT2D eigenvalue weighted by Crippen LogP contribution is -2.16. The lowest BCUT2D eigenvalue weighted by Gasteiger charge is -2.12. The number of carbonyl (C=O) groups excluding carboxylic acids is 1. The van der Waals surface area contributed by atoms with Crippen molar-refractivity contribution in [1.29, 1.82) is 0 Å². The van der Waals surface area contributed by atoms with Gasteiger partial charge in [0.1, 0.15) is 0 Å². The monoisotopic (exact) mass is 247 g/mol. The lowest BCUT2D eigenvalue weighted by atomic mass is 10.0. The minimum absolute atomic E-state index is 0.0799. The van der Waals surface area contributed by atoms with Crippen LogP contribution in [0.5, 0.6) is 0 Å². The summed E-state index contributed by atoms with van der Waals surface area (Å²) in [5, 5.41) is 1.03. The molecule has 1 atom stereocenters. The highest BCUT2D eigenvalue weighted by Crippen LogP contribution is 2.26. The maximum atomic E-state index is 11.0. The van der Waals surface area contributed by atoms with E-state index in [0.29, 0.717) is 15.6 Å². The van der Waals surface area contributed by atoms with Crippen LogP contribution in [0.25, 0.3) is 0 Å². The number of rotatable bonds is 3. The standard InChI is InChI=1S/C10H11Cl2NO2/c1-15-10(14)5-9(13)7-4-6(11)2-3-8(7)12/h2-4,9H,5,13H2,1H3. The van der Waals surface area contributed by atoms with Crippen LogP contribution in [0, 0.1) is 0 Å². The van der Waals surface area contributed by atoms with E-state index in [-0.39, 0.29) is 12.4 Å². The van der Waals surface area contributed by atoms with Gasteiger partial charge in [0.05, 0.1) is 13.5 Å². The quantitative estimate of drug-likeness (QED) is 0.836. The molecular formula is C10H11Cl2NO2. The molecule has 0 aliphatic rings. The molecule has 0 saturated carbocycles. The van der Waals surface area contributed by atoms with Crippen molar-refractivity contribution in [3.05, 3.63) is 33.8 Å². The van der Waals surface area contributed by atoms with Crippen LogP contribution in [0.1, 0.15) is 18.0 Å². The van der Waals surface area contributed by atoms with Crippen molar-refractivity contribution in [3.8, 4) is 0 Å². The second kappa shape index (κ2) is 5.35. The molecule has 0 saturated heterocycles. The molecule has 0 aliphatic heterocycles. The van der Waals surface area contributed by atoms with Gasteiger partial charge in [-0.25, -0.2) is 0 Å². The van der Waals surface area contributed by atoms with Gasteiger partial charge in [-0.2, -0.15) is 0 Å². The van der Waals surface area contributed by atoms with Gasteiger partial charge in [-0.3, -0.25) is 4.79 Å². The van der Waals surface area contributed by atoms with Crippen molar-refractivity contribution in [2.45, 2.75) is 12.5 Å². The molecule has 1 unspecified atom stereocenters. The molecule has 0 heterocycles. The zero-order valence-corrected chi connectivity index (χ0v) is 9.68. The predicted molar refractivity (Wildman–Crippen MR) is 60.0 cm³/mol. The van der Waals surface area contributed by atoms with Crippen LogP contribution in [0.4, 0.5) is 0 Å². The van der Waals surface area contributed by atoms with Crippen molar-refractivity contribution < 1.29 is 9.53 Å². The van der Waals surface area contributed by atoms with Crippen LogP contribution in [0.15, 0.2) is 18.2 Å². The SMILES string of the molecule is COC(=O)CC(N)c1cc(Cl)ccc1Cl. The van der Waals surface area contributed by atoms with Crippen molar-refractivity contribution in [1.82, 2.24) is 0 Å². The minimum Gasteiger partial charge on any atom is -0.469 e. The van der Waals surface area contributed by atoms with Crippen LogP contribution in [-0.4, -0.2) is 13.1 Å². The third-order valence-electron chi connectivity index (χ3n) is 1.97. The van der Waals surface area contributed by atoms with Gasteiger partial charge in [0.2, 0.25) is 0 Å². The van der Waals surface area contributed by atoms with Crippen molar-refractivity contribution in [2.24, 2.45) is 5.73 Å². The molecule has 15 heavy (non-hydrogen) atoms. The fourth-order valence-electron chi connectivity index (χ4n) is 1.17. The molecule has 5 heteroatoms. The number of methoxy groups -OCH3 is 1. The summed E-state index contributed by atoms with van der Waals surface area (Å²) in [4.78, 5) is 11.0. The lowest BCUT2D eigenvalue weighted by molar-refractivity contribution is -0.141. The third kappa shape index (κ3) is 3.38. The van der Waals surface area contributed by atoms with Gasteiger partial charge in [0.25, 0.3) is 0 Å². The molecule has 0 amide bonds. The first-order valence-corrected chi connectivity index (χ1v) is 5.07. The molecule has 0 fully saturated rings. The Morgan fingerprint density at radius 1 is 1.53 bits per heavy atom. The number of hydrogen-bond acceptors (Lipinski definition) is 3. The molecule has 1 aromatic carbocycles. The van der Waals surface area contributed by atoms with E-state index in [2.05, 4.69) is 4.74 Å². The molecule has 3 nitrogen and oxygen atoms in total. The van der Waals surface area contributed by atoms with Gasteiger partial charge in [0, 0.05) is 16.1 Å². The highest BCUT2D eigenvalue weighted by molar-refractivity contribution is 6.33. The zero-order valence-electron chi connectivity index (χ0n) is 8.17. The van der Waals surface area contributed by atoms with Crippen molar-refractivity contribution >= 4 is 29.2 Å². The van der Waals surface area contributed by atoms with Crippen molar-refractivity contribution in [2.75, 3.05) is 7.11 Å². The molecule has 1 aromatic rings. The molecule has 0 radical (unpaired) electrons. The summed E-state index contributed by atoms with van der Waals surface area (Å²) in [6.07, 6.45) is 0.0799. The molecule has 0 bridgehead atoms. The van der Waals surface area contributed by atoms with E-state index in [1.54, 1.807) is 18.2 Å². The number of esters is 1. The van der Waals surface area contributed by atoms with Crippen LogP contribution in [0.3, 0.4) is 0 Å². The first-order chi connectivity index (χ1) is 7.04. The largest absolute Gasteiger partial charge is 0.469 e. The Kier molecular flexibility index (Phi) is 4.39. The van der Waals surface area contributed by atoms with Gasteiger partial charge in [-0.15, -0.1) is 0 Å². The summed E-state index contributed by atoms with van der Waals surface area (Å²) >= 11 is 11.7. The number of ether oxygens (including phenoxy) is 1. The van der Waals surface area contributed by atoms with Crippen LogP contribution in [0.2, 0.25) is 10.0 Å². The van der Waals surface area contributed by atoms with Crippen molar-refractivity contribution in [3.63, 3.8) is 0 Å². The molecule has 2 N–H and O–H groups in total. The summed E-state index contributed by atoms with van der Waals surface area (Å²) in [6, 6.07) is 4.47. The molecule has 1 rings (SSSR count). The third-order valence-corrected chi connectivity index (χ3v) is 2.55. The molecule has 0 spiro atoms. The summed E-state index contributed by atoms with van der Waals surface area (Å²) in [5.41, 5.74) is 6.45. The minimum atomic E-state index is -0.497. The Morgan fingerprint density at radius 2 is 2.20 bits per heavy atom. The van der Waals surface area contributed by atoms with E-state index in [0.717, 1.165) is 0 Å². The summed E-state index contributed by atoms with van der Waals surface area (Å²) in [7, 11) is 1.31. The average molecular weight is 248 g/mol. The zero-order chi connectivity index (χ0) is 11.4. The molecular weight excluding hydrogens is 237 g/mol. The van der Waals surface area contributed by atoms with E-state index in [9.17, 15) is 4.79 Å². The Morgan fingerprint density at radius 3 is 2.80 bits per heavy atom. The van der Waals surface area contributed by atoms with Gasteiger partial charge >= 0.3 is 5.97 Å². The maximum Gasteiger partial charge on any atom is 0.307 e. The van der Waals surface area contributed by atoms with E-state index in [1.165, 1.54) is 7.11 Å². The maximum absolute atomic E-state index is 11.0. The number of nitrogens with two attached hydrogens (primary N) is 1. The highest BCUT2D eigenvalue weighted by atomic mass is 35.5. The Bertz CT molecular complexity index is 368. The Balaban J connectivity index is 2.85. The number of benzene rings is 1. The fourth-order valence-corrected chi connectivity index (χ4v) is 1.61. The number of hydrogen-bond donors (Lipinski definition) is 1. The molecule has 0 aromatic heterocycles. The first kappa shape index (κ1) is 12.3. The summed E-state index contributed by atoms with van der Waals surface area (Å²) < 4.78 is 4.52. The Labute approximate surface area is 98.1 Å². The van der Waals surface area contributed by atoms with Gasteiger partial charge in [0.15, 0.2) is 0 Å². The summed E-state index contributed by atoms with van der Waals surface area (Å²) in [5.74, 6) is -0.376. The smallest absolute Gasteiger partial charge is 0.307 e. The first-order valence-electron chi connectivity index (χ1n) is 4.32. The number of carbonyl (C=O) groups is 1. The number of halogens is 2. The summed E-state index contributed by atoms with van der Waals surface area (Å²) in [6.45, 7) is 0. The van der Waals surface area contributed by atoms with E-state index >= 15 is 0 Å². The van der Waals surface area contributed by atoms with Gasteiger partial charge < -0.3 is 10.5 Å². The Hall–Kier alpha value is -0.770. The normalized spacial score (nSPS) is 12.3.